The highest BCUT2D eigenvalue weighted by atomic mass is 16.5. The van der Waals surface area contributed by atoms with Gasteiger partial charge in [0, 0.05) is 38.9 Å². The van der Waals surface area contributed by atoms with Crippen LogP contribution in [0.15, 0.2) is 36.7 Å². The van der Waals surface area contributed by atoms with Gasteiger partial charge in [0.25, 0.3) is 5.91 Å². The number of piperidine rings is 1. The molecule has 1 N–H and O–H groups in total. The monoisotopic (exact) mass is 342 g/mol. The highest BCUT2D eigenvalue weighted by Crippen LogP contribution is 2.28. The summed E-state index contributed by atoms with van der Waals surface area (Å²) >= 11 is 0. The van der Waals surface area contributed by atoms with Crippen molar-refractivity contribution >= 4 is 5.91 Å². The summed E-state index contributed by atoms with van der Waals surface area (Å²) in [7, 11) is 3.47. The average Bonchev–Trinajstić information content (AvgIpc) is 3.15. The molecule has 1 fully saturated rings. The summed E-state index contributed by atoms with van der Waals surface area (Å²) in [4.78, 5) is 15.8. The Kier molecular flexibility index (Phi) is 5.71. The Labute approximate surface area is 148 Å². The predicted molar refractivity (Wildman–Crippen MR) is 96.5 cm³/mol. The van der Waals surface area contributed by atoms with Crippen LogP contribution in [0.25, 0.3) is 0 Å². The van der Waals surface area contributed by atoms with E-state index in [4.69, 9.17) is 4.74 Å². The van der Waals surface area contributed by atoms with Crippen molar-refractivity contribution in [2.75, 3.05) is 33.8 Å². The molecule has 0 aliphatic carbocycles. The molecule has 2 aromatic rings. The van der Waals surface area contributed by atoms with E-state index >= 15 is 0 Å². The number of ether oxygens (including phenoxy) is 1. The van der Waals surface area contributed by atoms with Crippen LogP contribution in [0.3, 0.4) is 0 Å². The summed E-state index contributed by atoms with van der Waals surface area (Å²) in [5.74, 6) is 1.28. The zero-order valence-electron chi connectivity index (χ0n) is 14.9. The van der Waals surface area contributed by atoms with Crippen molar-refractivity contribution in [3.8, 4) is 5.75 Å². The van der Waals surface area contributed by atoms with Crippen molar-refractivity contribution in [2.45, 2.75) is 25.3 Å². The topological polar surface area (TPSA) is 61.5 Å². The van der Waals surface area contributed by atoms with Crippen LogP contribution in [0.5, 0.6) is 5.75 Å². The van der Waals surface area contributed by atoms with E-state index in [1.807, 2.05) is 30.6 Å². The number of hydrogen-bond donors (Lipinski definition) is 1. The minimum absolute atomic E-state index is 0.0344. The third-order valence-corrected chi connectivity index (χ3v) is 4.71. The van der Waals surface area contributed by atoms with Crippen LogP contribution in [0.4, 0.5) is 0 Å². The highest BCUT2D eigenvalue weighted by molar-refractivity contribution is 5.77. The van der Waals surface area contributed by atoms with Crippen LogP contribution in [0, 0.1) is 0 Å². The van der Waals surface area contributed by atoms with Crippen molar-refractivity contribution in [3.63, 3.8) is 0 Å². The maximum atomic E-state index is 11.8. The lowest BCUT2D eigenvalue weighted by molar-refractivity contribution is -0.130. The van der Waals surface area contributed by atoms with Gasteiger partial charge in [-0.1, -0.05) is 18.2 Å². The van der Waals surface area contributed by atoms with Gasteiger partial charge in [-0.25, -0.2) is 0 Å². The molecule has 0 saturated carbocycles. The van der Waals surface area contributed by atoms with Crippen molar-refractivity contribution in [1.29, 1.82) is 0 Å². The van der Waals surface area contributed by atoms with Crippen LogP contribution >= 0.6 is 0 Å². The zero-order chi connectivity index (χ0) is 17.6. The van der Waals surface area contributed by atoms with Crippen LogP contribution in [0.1, 0.15) is 29.9 Å². The maximum absolute atomic E-state index is 11.8. The number of carbonyl (C=O) groups excluding carboxylic acids is 1. The van der Waals surface area contributed by atoms with E-state index in [1.165, 1.54) is 18.4 Å². The zero-order valence-corrected chi connectivity index (χ0v) is 14.9. The third kappa shape index (κ3) is 4.60. The molecular weight excluding hydrogens is 316 g/mol. The first-order chi connectivity index (χ1) is 12.1. The molecule has 1 aliphatic heterocycles. The molecule has 6 heteroatoms. The molecule has 1 saturated heterocycles. The quantitative estimate of drug-likeness (QED) is 0.875. The van der Waals surface area contributed by atoms with Crippen molar-refractivity contribution in [1.82, 2.24) is 20.0 Å². The fourth-order valence-electron chi connectivity index (χ4n) is 3.24. The van der Waals surface area contributed by atoms with Gasteiger partial charge in [0.05, 0.1) is 6.20 Å². The van der Waals surface area contributed by atoms with Gasteiger partial charge in [0.1, 0.15) is 5.75 Å². The Bertz CT molecular complexity index is 684. The van der Waals surface area contributed by atoms with E-state index in [9.17, 15) is 4.79 Å². The highest BCUT2D eigenvalue weighted by Gasteiger charge is 2.22. The molecule has 3 rings (SSSR count). The molecule has 0 bridgehead atoms. The number of hydrogen-bond acceptors (Lipinski definition) is 4. The van der Waals surface area contributed by atoms with Crippen LogP contribution < -0.4 is 4.74 Å². The SMILES string of the molecule is CN(C)C(=O)COc1ccccc1CN1CCCC(c2cn[nH]c2)C1. The number of H-pyrrole nitrogens is 1. The molecule has 134 valence electrons. The Balaban J connectivity index is 1.63. The molecule has 2 heterocycles. The molecule has 1 aromatic heterocycles. The first kappa shape index (κ1) is 17.5. The average molecular weight is 342 g/mol. The van der Waals surface area contributed by atoms with Gasteiger partial charge < -0.3 is 9.64 Å². The van der Waals surface area contributed by atoms with Crippen molar-refractivity contribution in [3.05, 3.63) is 47.8 Å². The van der Waals surface area contributed by atoms with Crippen molar-refractivity contribution in [2.24, 2.45) is 0 Å². The van der Waals surface area contributed by atoms with Crippen LogP contribution in [-0.2, 0) is 11.3 Å². The van der Waals surface area contributed by atoms with Crippen LogP contribution in [-0.4, -0.2) is 59.7 Å². The van der Waals surface area contributed by atoms with E-state index in [1.54, 1.807) is 19.0 Å². The number of aromatic nitrogens is 2. The van der Waals surface area contributed by atoms with Gasteiger partial charge in [-0.05, 0) is 36.9 Å². The van der Waals surface area contributed by atoms with Gasteiger partial charge in [-0.3, -0.25) is 14.8 Å². The molecule has 1 amide bonds. The van der Waals surface area contributed by atoms with E-state index in [-0.39, 0.29) is 12.5 Å². The second kappa shape index (κ2) is 8.16. The minimum Gasteiger partial charge on any atom is -0.483 e. The molecule has 0 spiro atoms. The summed E-state index contributed by atoms with van der Waals surface area (Å²) in [6.07, 6.45) is 6.31. The van der Waals surface area contributed by atoms with Gasteiger partial charge >= 0.3 is 0 Å². The van der Waals surface area contributed by atoms with E-state index in [2.05, 4.69) is 21.2 Å². The number of aromatic amines is 1. The Hall–Kier alpha value is -2.34. The summed E-state index contributed by atoms with van der Waals surface area (Å²) in [5, 5.41) is 6.99. The summed E-state index contributed by atoms with van der Waals surface area (Å²) < 4.78 is 5.77. The molecule has 1 aliphatic rings. The van der Waals surface area contributed by atoms with Gasteiger partial charge in [0.15, 0.2) is 6.61 Å². The molecule has 6 nitrogen and oxygen atoms in total. The molecule has 1 aromatic carbocycles. The number of likely N-dealkylation sites (N-methyl/N-ethyl adjacent to an activating group) is 1. The maximum Gasteiger partial charge on any atom is 0.259 e. The molecule has 25 heavy (non-hydrogen) atoms. The normalized spacial score (nSPS) is 18.1. The number of para-hydroxylation sites is 1. The predicted octanol–water partition coefficient (Wildman–Crippen LogP) is 2.26. The van der Waals surface area contributed by atoms with Gasteiger partial charge in [-0.15, -0.1) is 0 Å². The number of nitrogens with zero attached hydrogens (tertiary/aromatic N) is 3. The summed E-state index contributed by atoms with van der Waals surface area (Å²) in [6, 6.07) is 7.99. The summed E-state index contributed by atoms with van der Waals surface area (Å²) in [5.41, 5.74) is 2.41. The van der Waals surface area contributed by atoms with E-state index in [0.29, 0.717) is 5.92 Å². The minimum atomic E-state index is -0.0344. The largest absolute Gasteiger partial charge is 0.483 e. The first-order valence-electron chi connectivity index (χ1n) is 8.75. The van der Waals surface area contributed by atoms with E-state index < -0.39 is 0 Å². The van der Waals surface area contributed by atoms with Crippen LogP contribution in [0.2, 0.25) is 0 Å². The molecule has 1 unspecified atom stereocenters. The molecule has 1 atom stereocenters. The van der Waals surface area contributed by atoms with Crippen molar-refractivity contribution < 1.29 is 9.53 Å². The number of rotatable bonds is 6. The molecule has 0 radical (unpaired) electrons. The second-order valence-electron chi connectivity index (χ2n) is 6.79. The number of likely N-dealkylation sites (tertiary alicyclic amines) is 1. The lowest BCUT2D eigenvalue weighted by Crippen LogP contribution is -2.34. The number of nitrogens with one attached hydrogen (secondary N) is 1. The number of amides is 1. The first-order valence-corrected chi connectivity index (χ1v) is 8.75. The fourth-order valence-corrected chi connectivity index (χ4v) is 3.24. The third-order valence-electron chi connectivity index (χ3n) is 4.71. The summed E-state index contributed by atoms with van der Waals surface area (Å²) in [6.45, 7) is 3.01. The fraction of sp³-hybridized carbons (Fsp3) is 0.474. The number of carbonyl (C=O) groups is 1. The van der Waals surface area contributed by atoms with Gasteiger partial charge in [0.2, 0.25) is 0 Å². The Morgan fingerprint density at radius 3 is 3.00 bits per heavy atom. The van der Waals surface area contributed by atoms with Gasteiger partial charge in [-0.2, -0.15) is 5.10 Å². The standard InChI is InChI=1S/C19H26N4O2/c1-22(2)19(24)14-25-18-8-4-3-6-16(18)13-23-9-5-7-15(12-23)17-10-20-21-11-17/h3-4,6,8,10-11,15H,5,7,9,12-14H2,1-2H3,(H,20,21). The Morgan fingerprint density at radius 1 is 1.40 bits per heavy atom. The number of benzene rings is 1. The lowest BCUT2D eigenvalue weighted by atomic mass is 9.92. The van der Waals surface area contributed by atoms with E-state index in [0.717, 1.165) is 30.9 Å². The lowest BCUT2D eigenvalue weighted by Gasteiger charge is -2.32. The molecular formula is C19H26N4O2. The second-order valence-corrected chi connectivity index (χ2v) is 6.79. The smallest absolute Gasteiger partial charge is 0.259 e. The Morgan fingerprint density at radius 2 is 2.24 bits per heavy atom.